The molecule has 1 saturated heterocycles. The number of rotatable bonds is 6. The first-order valence-electron chi connectivity index (χ1n) is 7.02. The van der Waals surface area contributed by atoms with Crippen LogP contribution < -0.4 is 5.73 Å². The van der Waals surface area contributed by atoms with Gasteiger partial charge in [0, 0.05) is 39.3 Å². The van der Waals surface area contributed by atoms with Crippen LogP contribution in [0.3, 0.4) is 0 Å². The van der Waals surface area contributed by atoms with Crippen LogP contribution in [-0.4, -0.2) is 68.2 Å². The molecular formula is C13H29IN4O. The van der Waals surface area contributed by atoms with Crippen LogP contribution in [0.2, 0.25) is 0 Å². The minimum Gasteiger partial charge on any atom is -0.379 e. The van der Waals surface area contributed by atoms with Gasteiger partial charge in [0.2, 0.25) is 0 Å². The van der Waals surface area contributed by atoms with Gasteiger partial charge < -0.3 is 15.4 Å². The van der Waals surface area contributed by atoms with Crippen molar-refractivity contribution in [2.75, 3.05) is 52.5 Å². The van der Waals surface area contributed by atoms with Crippen LogP contribution in [0.25, 0.3) is 0 Å². The lowest BCUT2D eigenvalue weighted by Gasteiger charge is -2.28. The lowest BCUT2D eigenvalue weighted by molar-refractivity contribution is 0.0323. The lowest BCUT2D eigenvalue weighted by Crippen LogP contribution is -2.40. The van der Waals surface area contributed by atoms with Crippen molar-refractivity contribution in [2.45, 2.75) is 20.8 Å². The summed E-state index contributed by atoms with van der Waals surface area (Å²) in [7, 11) is 0. The first kappa shape index (κ1) is 18.9. The number of nitrogens with zero attached hydrogens (tertiary/aromatic N) is 3. The largest absolute Gasteiger partial charge is 0.379 e. The highest BCUT2D eigenvalue weighted by atomic mass is 127. The van der Waals surface area contributed by atoms with Gasteiger partial charge in [-0.2, -0.15) is 0 Å². The van der Waals surface area contributed by atoms with E-state index in [1.165, 1.54) is 0 Å². The topological polar surface area (TPSA) is 54.1 Å². The molecule has 0 aromatic heterocycles. The molecule has 6 heteroatoms. The summed E-state index contributed by atoms with van der Waals surface area (Å²) < 4.78 is 5.34. The van der Waals surface area contributed by atoms with Gasteiger partial charge in [0.1, 0.15) is 0 Å². The maximum atomic E-state index is 5.96. The van der Waals surface area contributed by atoms with Gasteiger partial charge in [-0.1, -0.05) is 6.92 Å². The third-order valence-electron chi connectivity index (χ3n) is 3.33. The van der Waals surface area contributed by atoms with Crippen molar-refractivity contribution in [3.05, 3.63) is 0 Å². The minimum atomic E-state index is 0. The standard InChI is InChI=1S/C13H28N4O.HI/c1-4-17(5-2)13(14)15-10-12(3)11-16-6-8-18-9-7-16;/h12H,4-11H2,1-3H3,(H2,14,15);1H. The molecule has 0 aromatic rings. The Balaban J connectivity index is 0.00000324. The molecule has 0 aromatic carbocycles. The summed E-state index contributed by atoms with van der Waals surface area (Å²) in [6.07, 6.45) is 0. The predicted molar refractivity (Wildman–Crippen MR) is 91.2 cm³/mol. The number of halogens is 1. The summed E-state index contributed by atoms with van der Waals surface area (Å²) in [5, 5.41) is 0. The Labute approximate surface area is 134 Å². The van der Waals surface area contributed by atoms with Crippen LogP contribution >= 0.6 is 24.0 Å². The number of ether oxygens (including phenoxy) is 1. The molecule has 1 atom stereocenters. The van der Waals surface area contributed by atoms with Gasteiger partial charge in [-0.05, 0) is 19.8 Å². The Hall–Kier alpha value is -0.0800. The van der Waals surface area contributed by atoms with Crippen LogP contribution in [0.5, 0.6) is 0 Å². The van der Waals surface area contributed by atoms with Gasteiger partial charge in [-0.15, -0.1) is 24.0 Å². The molecule has 1 unspecified atom stereocenters. The molecule has 5 nitrogen and oxygen atoms in total. The van der Waals surface area contributed by atoms with Crippen LogP contribution in [0.1, 0.15) is 20.8 Å². The van der Waals surface area contributed by atoms with Crippen molar-refractivity contribution in [3.8, 4) is 0 Å². The predicted octanol–water partition coefficient (Wildman–Crippen LogP) is 1.23. The van der Waals surface area contributed by atoms with E-state index in [1.807, 2.05) is 0 Å². The van der Waals surface area contributed by atoms with Gasteiger partial charge >= 0.3 is 0 Å². The molecule has 19 heavy (non-hydrogen) atoms. The molecule has 1 heterocycles. The molecule has 114 valence electrons. The quantitative estimate of drug-likeness (QED) is 0.425. The molecule has 1 fully saturated rings. The molecule has 0 bridgehead atoms. The smallest absolute Gasteiger partial charge is 0.191 e. The second kappa shape index (κ2) is 10.7. The second-order valence-electron chi connectivity index (χ2n) is 4.89. The van der Waals surface area contributed by atoms with Crippen molar-refractivity contribution < 1.29 is 4.74 Å². The van der Waals surface area contributed by atoms with E-state index in [4.69, 9.17) is 10.5 Å². The molecule has 0 amide bonds. The number of aliphatic imine (C=N–C) groups is 1. The van der Waals surface area contributed by atoms with E-state index in [2.05, 4.69) is 35.6 Å². The van der Waals surface area contributed by atoms with Gasteiger partial charge in [-0.3, -0.25) is 9.89 Å². The van der Waals surface area contributed by atoms with Crippen LogP contribution in [0.4, 0.5) is 0 Å². The first-order valence-corrected chi connectivity index (χ1v) is 7.02. The van der Waals surface area contributed by atoms with E-state index in [0.717, 1.165) is 52.5 Å². The van der Waals surface area contributed by atoms with Crippen molar-refractivity contribution in [3.63, 3.8) is 0 Å². The number of hydrogen-bond donors (Lipinski definition) is 1. The summed E-state index contributed by atoms with van der Waals surface area (Å²) in [6, 6.07) is 0. The summed E-state index contributed by atoms with van der Waals surface area (Å²) in [5.41, 5.74) is 5.96. The van der Waals surface area contributed by atoms with Gasteiger partial charge in [0.05, 0.1) is 13.2 Å². The summed E-state index contributed by atoms with van der Waals surface area (Å²) in [4.78, 5) is 9.02. The molecule has 0 radical (unpaired) electrons. The van der Waals surface area contributed by atoms with E-state index < -0.39 is 0 Å². The van der Waals surface area contributed by atoms with Crippen LogP contribution in [0.15, 0.2) is 4.99 Å². The monoisotopic (exact) mass is 384 g/mol. The second-order valence-corrected chi connectivity index (χ2v) is 4.89. The lowest BCUT2D eigenvalue weighted by atomic mass is 10.1. The molecule has 0 aliphatic carbocycles. The zero-order chi connectivity index (χ0) is 13.4. The zero-order valence-corrected chi connectivity index (χ0v) is 14.8. The molecule has 1 aliphatic heterocycles. The Morgan fingerprint density at radius 1 is 1.32 bits per heavy atom. The molecule has 2 N–H and O–H groups in total. The third kappa shape index (κ3) is 7.31. The van der Waals surface area contributed by atoms with Crippen molar-refractivity contribution in [1.82, 2.24) is 9.80 Å². The first-order chi connectivity index (χ1) is 8.67. The summed E-state index contributed by atoms with van der Waals surface area (Å²) in [5.74, 6) is 1.21. The highest BCUT2D eigenvalue weighted by Gasteiger charge is 2.13. The Morgan fingerprint density at radius 3 is 2.42 bits per heavy atom. The van der Waals surface area contributed by atoms with Crippen molar-refractivity contribution >= 4 is 29.9 Å². The summed E-state index contributed by atoms with van der Waals surface area (Å²) in [6.45, 7) is 14.0. The minimum absolute atomic E-state index is 0. The van der Waals surface area contributed by atoms with Gasteiger partial charge in [-0.25, -0.2) is 0 Å². The average molecular weight is 384 g/mol. The zero-order valence-electron chi connectivity index (χ0n) is 12.5. The fraction of sp³-hybridized carbons (Fsp3) is 0.923. The number of nitrogens with two attached hydrogens (primary N) is 1. The molecule has 1 rings (SSSR count). The normalized spacial score (nSPS) is 18.8. The highest BCUT2D eigenvalue weighted by molar-refractivity contribution is 14.0. The summed E-state index contributed by atoms with van der Waals surface area (Å²) >= 11 is 0. The maximum Gasteiger partial charge on any atom is 0.191 e. The van der Waals surface area contributed by atoms with Crippen molar-refractivity contribution in [2.24, 2.45) is 16.6 Å². The Kier molecular flexibility index (Phi) is 10.6. The average Bonchev–Trinajstić information content (AvgIpc) is 2.39. The van der Waals surface area contributed by atoms with E-state index in [9.17, 15) is 0 Å². The van der Waals surface area contributed by atoms with Crippen LogP contribution in [0, 0.1) is 5.92 Å². The van der Waals surface area contributed by atoms with E-state index in [0.29, 0.717) is 11.9 Å². The highest BCUT2D eigenvalue weighted by Crippen LogP contribution is 2.04. The molecule has 0 saturated carbocycles. The Bertz CT molecular complexity index is 253. The fourth-order valence-corrected chi connectivity index (χ4v) is 2.18. The van der Waals surface area contributed by atoms with Gasteiger partial charge in [0.15, 0.2) is 5.96 Å². The molecule has 1 aliphatic rings. The van der Waals surface area contributed by atoms with E-state index in [-0.39, 0.29) is 24.0 Å². The van der Waals surface area contributed by atoms with Gasteiger partial charge in [0.25, 0.3) is 0 Å². The van der Waals surface area contributed by atoms with E-state index >= 15 is 0 Å². The third-order valence-corrected chi connectivity index (χ3v) is 3.33. The van der Waals surface area contributed by atoms with Crippen molar-refractivity contribution in [1.29, 1.82) is 0 Å². The number of morpholine rings is 1. The Morgan fingerprint density at radius 2 is 1.89 bits per heavy atom. The number of hydrogen-bond acceptors (Lipinski definition) is 3. The van der Waals surface area contributed by atoms with Crippen LogP contribution in [-0.2, 0) is 4.74 Å². The van der Waals surface area contributed by atoms with E-state index in [1.54, 1.807) is 0 Å². The molecular weight excluding hydrogens is 355 g/mol. The fourth-order valence-electron chi connectivity index (χ4n) is 2.18. The molecule has 0 spiro atoms. The number of guanidine groups is 1. The maximum absolute atomic E-state index is 5.96. The SMILES string of the molecule is CCN(CC)C(N)=NCC(C)CN1CCOCC1.I.